The summed E-state index contributed by atoms with van der Waals surface area (Å²) in [6.07, 6.45) is 3.10. The fraction of sp³-hybridized carbons (Fsp3) is 0.0714. The molecule has 0 radical (unpaired) electrons. The first-order valence-electron chi connectivity index (χ1n) is 5.67. The summed E-state index contributed by atoms with van der Waals surface area (Å²) in [5.41, 5.74) is 4.76. The van der Waals surface area contributed by atoms with E-state index in [4.69, 9.17) is 11.6 Å². The van der Waals surface area contributed by atoms with E-state index < -0.39 is 0 Å². The Morgan fingerprint density at radius 1 is 1.37 bits per heavy atom. The summed E-state index contributed by atoms with van der Waals surface area (Å²) in [6.45, 7) is 1.99. The van der Waals surface area contributed by atoms with E-state index in [-0.39, 0.29) is 11.1 Å². The van der Waals surface area contributed by atoms with Crippen LogP contribution in [0.2, 0.25) is 5.15 Å². The molecule has 2 rings (SSSR count). The molecule has 0 aliphatic rings. The number of aryl methyl sites for hydroxylation is 1. The summed E-state index contributed by atoms with van der Waals surface area (Å²) >= 11 is 5.81. The molecule has 5 heteroatoms. The van der Waals surface area contributed by atoms with Gasteiger partial charge in [-0.2, -0.15) is 5.10 Å². The minimum atomic E-state index is -0.387. The summed E-state index contributed by atoms with van der Waals surface area (Å²) in [4.78, 5) is 15.6. The third-order valence-electron chi connectivity index (χ3n) is 2.43. The van der Waals surface area contributed by atoms with Crippen molar-refractivity contribution < 1.29 is 4.79 Å². The highest BCUT2D eigenvalue weighted by Crippen LogP contribution is 2.10. The zero-order chi connectivity index (χ0) is 13.7. The van der Waals surface area contributed by atoms with E-state index in [2.05, 4.69) is 15.5 Å². The zero-order valence-corrected chi connectivity index (χ0v) is 11.1. The van der Waals surface area contributed by atoms with Gasteiger partial charge in [-0.3, -0.25) is 4.79 Å². The second-order valence-electron chi connectivity index (χ2n) is 3.96. The molecular weight excluding hydrogens is 262 g/mol. The molecule has 0 aliphatic heterocycles. The van der Waals surface area contributed by atoms with E-state index in [1.54, 1.807) is 18.3 Å². The Morgan fingerprint density at radius 2 is 2.21 bits per heavy atom. The second kappa shape index (κ2) is 6.11. The third kappa shape index (κ3) is 3.63. The summed E-state index contributed by atoms with van der Waals surface area (Å²) in [5, 5.41) is 4.05. The Labute approximate surface area is 116 Å². The number of pyridine rings is 1. The molecule has 1 aromatic carbocycles. The predicted molar refractivity (Wildman–Crippen MR) is 75.5 cm³/mol. The Morgan fingerprint density at radius 3 is 2.95 bits per heavy atom. The van der Waals surface area contributed by atoms with Gasteiger partial charge >= 0.3 is 0 Å². The van der Waals surface area contributed by atoms with Gasteiger partial charge in [0.1, 0.15) is 5.15 Å². The van der Waals surface area contributed by atoms with Crippen LogP contribution >= 0.6 is 11.6 Å². The van der Waals surface area contributed by atoms with Crippen molar-refractivity contribution in [2.45, 2.75) is 6.92 Å². The van der Waals surface area contributed by atoms with E-state index in [0.717, 1.165) is 11.1 Å². The molecule has 0 spiro atoms. The topological polar surface area (TPSA) is 54.4 Å². The van der Waals surface area contributed by atoms with Crippen LogP contribution in [0.1, 0.15) is 21.5 Å². The quantitative estimate of drug-likeness (QED) is 0.531. The number of halogens is 1. The van der Waals surface area contributed by atoms with E-state index in [0.29, 0.717) is 5.56 Å². The number of carbonyl (C=O) groups is 1. The number of amides is 1. The predicted octanol–water partition coefficient (Wildman–Crippen LogP) is 2.81. The minimum Gasteiger partial charge on any atom is -0.267 e. The highest BCUT2D eigenvalue weighted by molar-refractivity contribution is 6.32. The number of hydrogen-bond acceptors (Lipinski definition) is 3. The highest BCUT2D eigenvalue weighted by atomic mass is 35.5. The number of hydrazone groups is 1. The van der Waals surface area contributed by atoms with Crippen LogP contribution in [0.25, 0.3) is 0 Å². The molecule has 0 unspecified atom stereocenters. The van der Waals surface area contributed by atoms with Gasteiger partial charge in [0, 0.05) is 6.20 Å². The van der Waals surface area contributed by atoms with Crippen LogP contribution in [0.5, 0.6) is 0 Å². The van der Waals surface area contributed by atoms with Crippen LogP contribution in [0.4, 0.5) is 0 Å². The summed E-state index contributed by atoms with van der Waals surface area (Å²) < 4.78 is 0. The Balaban J connectivity index is 2.03. The SMILES string of the molecule is Cc1cccc(C=NNC(=O)c2cccnc2Cl)c1. The van der Waals surface area contributed by atoms with Gasteiger partial charge in [-0.05, 0) is 24.6 Å². The maximum atomic E-state index is 11.8. The smallest absolute Gasteiger partial charge is 0.267 e. The first-order valence-corrected chi connectivity index (χ1v) is 6.05. The zero-order valence-electron chi connectivity index (χ0n) is 10.3. The summed E-state index contributed by atoms with van der Waals surface area (Å²) in [7, 11) is 0. The van der Waals surface area contributed by atoms with E-state index in [1.165, 1.54) is 6.20 Å². The van der Waals surface area contributed by atoms with Crippen LogP contribution in [0, 0.1) is 6.92 Å². The van der Waals surface area contributed by atoms with Gasteiger partial charge in [0.05, 0.1) is 11.8 Å². The lowest BCUT2D eigenvalue weighted by atomic mass is 10.2. The first kappa shape index (κ1) is 13.2. The minimum absolute atomic E-state index is 0.158. The van der Waals surface area contributed by atoms with Crippen molar-refractivity contribution in [1.29, 1.82) is 0 Å². The highest BCUT2D eigenvalue weighted by Gasteiger charge is 2.08. The van der Waals surface area contributed by atoms with Crippen LogP contribution < -0.4 is 5.43 Å². The number of rotatable bonds is 3. The lowest BCUT2D eigenvalue weighted by Crippen LogP contribution is -2.18. The molecule has 19 heavy (non-hydrogen) atoms. The number of hydrogen-bond donors (Lipinski definition) is 1. The average molecular weight is 274 g/mol. The Hall–Kier alpha value is -2.20. The molecule has 4 nitrogen and oxygen atoms in total. The lowest BCUT2D eigenvalue weighted by Gasteiger charge is -2.01. The maximum absolute atomic E-state index is 11.8. The molecule has 0 fully saturated rings. The van der Waals surface area contributed by atoms with E-state index in [9.17, 15) is 4.79 Å². The van der Waals surface area contributed by atoms with Crippen molar-refractivity contribution in [3.63, 3.8) is 0 Å². The molecule has 1 amide bonds. The molecular formula is C14H12ClN3O. The number of aromatic nitrogens is 1. The van der Waals surface area contributed by atoms with Crippen molar-refractivity contribution in [3.8, 4) is 0 Å². The largest absolute Gasteiger partial charge is 0.274 e. The molecule has 1 N–H and O–H groups in total. The standard InChI is InChI=1S/C14H12ClN3O/c1-10-4-2-5-11(8-10)9-17-18-14(19)12-6-3-7-16-13(12)15/h2-9H,1H3,(H,18,19). The molecule has 96 valence electrons. The molecule has 0 saturated heterocycles. The average Bonchev–Trinajstić information content (AvgIpc) is 2.39. The molecule has 0 bridgehead atoms. The third-order valence-corrected chi connectivity index (χ3v) is 2.73. The molecule has 0 saturated carbocycles. The number of carbonyl (C=O) groups excluding carboxylic acids is 1. The van der Waals surface area contributed by atoms with Crippen LogP contribution in [0.15, 0.2) is 47.7 Å². The number of benzene rings is 1. The van der Waals surface area contributed by atoms with Gasteiger partial charge in [0.2, 0.25) is 0 Å². The normalized spacial score (nSPS) is 10.6. The van der Waals surface area contributed by atoms with Crippen molar-refractivity contribution in [2.24, 2.45) is 5.10 Å². The fourth-order valence-corrected chi connectivity index (χ4v) is 1.74. The van der Waals surface area contributed by atoms with Gasteiger partial charge in [-0.15, -0.1) is 0 Å². The van der Waals surface area contributed by atoms with Gasteiger partial charge in [0.25, 0.3) is 5.91 Å². The van der Waals surface area contributed by atoms with Gasteiger partial charge in [-0.1, -0.05) is 41.4 Å². The van der Waals surface area contributed by atoms with Crippen LogP contribution in [0.3, 0.4) is 0 Å². The van der Waals surface area contributed by atoms with Crippen molar-refractivity contribution in [1.82, 2.24) is 10.4 Å². The van der Waals surface area contributed by atoms with Crippen molar-refractivity contribution >= 4 is 23.7 Å². The monoisotopic (exact) mass is 273 g/mol. The molecule has 1 aromatic heterocycles. The first-order chi connectivity index (χ1) is 9.16. The van der Waals surface area contributed by atoms with E-state index in [1.807, 2.05) is 31.2 Å². The molecule has 2 aromatic rings. The fourth-order valence-electron chi connectivity index (χ4n) is 1.53. The second-order valence-corrected chi connectivity index (χ2v) is 4.31. The Bertz CT molecular complexity index is 626. The van der Waals surface area contributed by atoms with Crippen molar-refractivity contribution in [3.05, 3.63) is 64.4 Å². The summed E-state index contributed by atoms with van der Waals surface area (Å²) in [5.74, 6) is -0.387. The van der Waals surface area contributed by atoms with Gasteiger partial charge in [0.15, 0.2) is 0 Å². The molecule has 1 heterocycles. The van der Waals surface area contributed by atoms with E-state index >= 15 is 0 Å². The van der Waals surface area contributed by atoms with Gasteiger partial charge < -0.3 is 0 Å². The van der Waals surface area contributed by atoms with Crippen LogP contribution in [-0.4, -0.2) is 17.1 Å². The number of nitrogens with one attached hydrogen (secondary N) is 1. The molecule has 0 atom stereocenters. The maximum Gasteiger partial charge on any atom is 0.274 e. The van der Waals surface area contributed by atoms with Crippen molar-refractivity contribution in [2.75, 3.05) is 0 Å². The molecule has 0 aliphatic carbocycles. The number of nitrogens with zero attached hydrogens (tertiary/aromatic N) is 2. The van der Waals surface area contributed by atoms with Crippen LogP contribution in [-0.2, 0) is 0 Å². The lowest BCUT2D eigenvalue weighted by molar-refractivity contribution is 0.0955. The van der Waals surface area contributed by atoms with Gasteiger partial charge in [-0.25, -0.2) is 10.4 Å². The Kier molecular flexibility index (Phi) is 4.26. The summed E-state index contributed by atoms with van der Waals surface area (Å²) in [6, 6.07) is 11.0.